The summed E-state index contributed by atoms with van der Waals surface area (Å²) in [7, 11) is 0. The van der Waals surface area contributed by atoms with Crippen molar-refractivity contribution in [2.45, 2.75) is 52.9 Å². The summed E-state index contributed by atoms with van der Waals surface area (Å²) in [5, 5.41) is 3.74. The van der Waals surface area contributed by atoms with Gasteiger partial charge in [-0.2, -0.15) is 0 Å². The average Bonchev–Trinajstić information content (AvgIpc) is 3.29. The van der Waals surface area contributed by atoms with E-state index in [-0.39, 0.29) is 19.0 Å². The molecule has 39 heavy (non-hydrogen) atoms. The molecule has 0 aliphatic carbocycles. The number of alkyl carbamates (subject to hydrolysis) is 1. The van der Waals surface area contributed by atoms with Crippen molar-refractivity contribution in [3.05, 3.63) is 88.1 Å². The van der Waals surface area contributed by atoms with Crippen LogP contribution in [0.4, 0.5) is 4.79 Å². The maximum atomic E-state index is 12.1. The Bertz CT molecular complexity index is 1470. The fraction of sp³-hybridized carbons (Fsp3) is 0.290. The number of hydrogen-bond acceptors (Lipinski definition) is 6. The Kier molecular flexibility index (Phi) is 8.97. The van der Waals surface area contributed by atoms with E-state index in [1.54, 1.807) is 13.2 Å². The molecule has 0 radical (unpaired) electrons. The van der Waals surface area contributed by atoms with Gasteiger partial charge in [-0.05, 0) is 74.7 Å². The van der Waals surface area contributed by atoms with Crippen molar-refractivity contribution in [2.75, 3.05) is 6.61 Å². The van der Waals surface area contributed by atoms with Crippen LogP contribution in [0, 0.1) is 0 Å². The number of carbonyl (C=O) groups is 2. The molecule has 8 heteroatoms. The third-order valence-electron chi connectivity index (χ3n) is 5.80. The molecule has 0 fully saturated rings. The summed E-state index contributed by atoms with van der Waals surface area (Å²) in [6.07, 6.45) is 1.37. The van der Waals surface area contributed by atoms with Crippen molar-refractivity contribution >= 4 is 39.0 Å². The van der Waals surface area contributed by atoms with Crippen LogP contribution in [0.1, 0.15) is 44.4 Å². The van der Waals surface area contributed by atoms with Gasteiger partial charge in [-0.25, -0.2) is 4.79 Å². The molecule has 0 atom stereocenters. The molecule has 0 aliphatic heterocycles. The van der Waals surface area contributed by atoms with Crippen LogP contribution >= 0.6 is 15.9 Å². The Morgan fingerprint density at radius 3 is 2.54 bits per heavy atom. The first-order valence-corrected chi connectivity index (χ1v) is 13.5. The van der Waals surface area contributed by atoms with Crippen molar-refractivity contribution < 1.29 is 28.2 Å². The Morgan fingerprint density at radius 2 is 1.77 bits per heavy atom. The van der Waals surface area contributed by atoms with E-state index in [0.29, 0.717) is 18.9 Å². The van der Waals surface area contributed by atoms with Crippen LogP contribution in [0.2, 0.25) is 0 Å². The number of carbonyl (C=O) groups excluding carboxylic acids is 2. The van der Waals surface area contributed by atoms with E-state index in [0.717, 1.165) is 43.3 Å². The number of furan rings is 1. The number of fused-ring (bicyclic) bond motifs is 1. The molecule has 1 heterocycles. The van der Waals surface area contributed by atoms with Crippen LogP contribution in [0.5, 0.6) is 5.75 Å². The highest BCUT2D eigenvalue weighted by Gasteiger charge is 2.16. The Balaban J connectivity index is 1.50. The molecule has 0 unspecified atom stereocenters. The minimum atomic E-state index is -0.549. The van der Waals surface area contributed by atoms with E-state index < -0.39 is 11.7 Å². The molecule has 1 amide bonds. The minimum Gasteiger partial charge on any atom is -0.488 e. The van der Waals surface area contributed by atoms with Gasteiger partial charge in [-0.15, -0.1) is 0 Å². The van der Waals surface area contributed by atoms with Crippen LogP contribution in [0.25, 0.3) is 22.1 Å². The van der Waals surface area contributed by atoms with E-state index in [1.807, 2.05) is 75.4 Å². The van der Waals surface area contributed by atoms with E-state index in [2.05, 4.69) is 27.3 Å². The summed E-state index contributed by atoms with van der Waals surface area (Å²) in [5.41, 5.74) is 4.82. The summed E-state index contributed by atoms with van der Waals surface area (Å²) in [5.74, 6) is 0.305. The molecular formula is C31H32BrNO6. The first-order valence-electron chi connectivity index (χ1n) is 12.7. The summed E-state index contributed by atoms with van der Waals surface area (Å²) in [4.78, 5) is 24.1. The van der Waals surface area contributed by atoms with Crippen LogP contribution in [-0.2, 0) is 33.8 Å². The van der Waals surface area contributed by atoms with Gasteiger partial charge >= 0.3 is 12.1 Å². The molecule has 1 aromatic heterocycles. The van der Waals surface area contributed by atoms with Gasteiger partial charge < -0.3 is 23.9 Å². The molecule has 4 aromatic rings. The summed E-state index contributed by atoms with van der Waals surface area (Å²) in [6.45, 7) is 8.24. The number of hydrogen-bond donors (Lipinski definition) is 1. The molecule has 0 saturated heterocycles. The predicted molar refractivity (Wildman–Crippen MR) is 154 cm³/mol. The first kappa shape index (κ1) is 28.2. The van der Waals surface area contributed by atoms with E-state index in [4.69, 9.17) is 18.6 Å². The number of ether oxygens (including phenoxy) is 3. The molecular weight excluding hydrogens is 562 g/mol. The molecule has 0 bridgehead atoms. The molecule has 0 saturated carbocycles. The number of benzene rings is 3. The predicted octanol–water partition coefficient (Wildman–Crippen LogP) is 7.57. The Hall–Kier alpha value is -3.78. The highest BCUT2D eigenvalue weighted by molar-refractivity contribution is 9.10. The molecule has 204 valence electrons. The number of esters is 1. The zero-order valence-corrected chi connectivity index (χ0v) is 24.1. The lowest BCUT2D eigenvalue weighted by Crippen LogP contribution is -2.32. The van der Waals surface area contributed by atoms with Gasteiger partial charge in [0.1, 0.15) is 23.5 Å². The van der Waals surface area contributed by atoms with E-state index in [9.17, 15) is 9.59 Å². The Morgan fingerprint density at radius 1 is 0.974 bits per heavy atom. The lowest BCUT2D eigenvalue weighted by Gasteiger charge is -2.19. The van der Waals surface area contributed by atoms with Gasteiger partial charge in [-0.3, -0.25) is 4.79 Å². The van der Waals surface area contributed by atoms with Gasteiger partial charge in [0.05, 0.1) is 19.3 Å². The van der Waals surface area contributed by atoms with Gasteiger partial charge in [0, 0.05) is 27.5 Å². The van der Waals surface area contributed by atoms with Gasteiger partial charge in [0.2, 0.25) is 0 Å². The molecule has 3 aromatic carbocycles. The van der Waals surface area contributed by atoms with Gasteiger partial charge in [-0.1, -0.05) is 46.3 Å². The summed E-state index contributed by atoms with van der Waals surface area (Å²) in [6, 6.07) is 19.6. The molecule has 7 nitrogen and oxygen atoms in total. The number of rotatable bonds is 9. The molecule has 4 rings (SSSR count). The van der Waals surface area contributed by atoms with Crippen LogP contribution in [0.3, 0.4) is 0 Å². The van der Waals surface area contributed by atoms with Crippen LogP contribution in [0.15, 0.2) is 75.8 Å². The van der Waals surface area contributed by atoms with Crippen molar-refractivity contribution in [1.29, 1.82) is 0 Å². The maximum absolute atomic E-state index is 12.1. The quantitative estimate of drug-likeness (QED) is 0.201. The van der Waals surface area contributed by atoms with Crippen molar-refractivity contribution in [2.24, 2.45) is 0 Å². The largest absolute Gasteiger partial charge is 0.488 e. The third-order valence-corrected chi connectivity index (χ3v) is 6.30. The zero-order chi connectivity index (χ0) is 28.0. The minimum absolute atomic E-state index is 0.131. The highest BCUT2D eigenvalue weighted by Crippen LogP contribution is 2.31. The monoisotopic (exact) mass is 593 g/mol. The first-order chi connectivity index (χ1) is 18.6. The molecule has 1 N–H and O–H groups in total. The molecule has 0 aliphatic rings. The average molecular weight is 595 g/mol. The number of halogens is 1. The topological polar surface area (TPSA) is 87.0 Å². The third kappa shape index (κ3) is 7.86. The van der Waals surface area contributed by atoms with Gasteiger partial charge in [0.15, 0.2) is 0 Å². The SMILES string of the molecule is CCOC(=O)Cc1ccc(Br)cc1OCc1coc2ccc(-c3cccc(CNC(=O)OC(C)(C)C)c3)cc12. The molecule has 0 spiro atoms. The fourth-order valence-electron chi connectivity index (χ4n) is 4.05. The number of nitrogens with one attached hydrogen (secondary N) is 1. The lowest BCUT2D eigenvalue weighted by molar-refractivity contribution is -0.142. The van der Waals surface area contributed by atoms with E-state index in [1.165, 1.54) is 0 Å². The van der Waals surface area contributed by atoms with Crippen LogP contribution in [-0.4, -0.2) is 24.3 Å². The lowest BCUT2D eigenvalue weighted by atomic mass is 10.0. The summed E-state index contributed by atoms with van der Waals surface area (Å²) < 4.78 is 23.2. The number of amides is 1. The summed E-state index contributed by atoms with van der Waals surface area (Å²) >= 11 is 3.48. The zero-order valence-electron chi connectivity index (χ0n) is 22.5. The normalized spacial score (nSPS) is 11.3. The van der Waals surface area contributed by atoms with E-state index >= 15 is 0 Å². The van der Waals surface area contributed by atoms with Crippen molar-refractivity contribution in [3.8, 4) is 16.9 Å². The second kappa shape index (κ2) is 12.4. The highest BCUT2D eigenvalue weighted by atomic mass is 79.9. The fourth-order valence-corrected chi connectivity index (χ4v) is 4.39. The maximum Gasteiger partial charge on any atom is 0.407 e. The smallest absolute Gasteiger partial charge is 0.407 e. The van der Waals surface area contributed by atoms with Gasteiger partial charge in [0.25, 0.3) is 0 Å². The standard InChI is InChI=1S/C31H32BrNO6/c1-5-36-29(34)15-23-9-11-25(32)16-28(23)38-19-24-18-37-27-12-10-22(14-26(24)27)21-8-6-7-20(13-21)17-33-30(35)39-31(2,3)4/h6-14,16,18H,5,15,17,19H2,1-4H3,(H,33,35). The van der Waals surface area contributed by atoms with Crippen molar-refractivity contribution in [3.63, 3.8) is 0 Å². The van der Waals surface area contributed by atoms with Crippen LogP contribution < -0.4 is 10.1 Å². The second-order valence-corrected chi connectivity index (χ2v) is 11.0. The Labute approximate surface area is 236 Å². The van der Waals surface area contributed by atoms with Crippen molar-refractivity contribution in [1.82, 2.24) is 5.32 Å². The second-order valence-electron chi connectivity index (χ2n) is 10.1.